The van der Waals surface area contributed by atoms with E-state index in [2.05, 4.69) is 76.2 Å². The zero-order chi connectivity index (χ0) is 21.1. The van der Waals surface area contributed by atoms with Gasteiger partial charge in [-0.3, -0.25) is 0 Å². The summed E-state index contributed by atoms with van der Waals surface area (Å²) in [6.45, 7) is 24.7. The van der Waals surface area contributed by atoms with Gasteiger partial charge in [0, 0.05) is 10.8 Å². The highest BCUT2D eigenvalue weighted by molar-refractivity contribution is 5.90. The van der Waals surface area contributed by atoms with Gasteiger partial charge in [0.15, 0.2) is 0 Å². The van der Waals surface area contributed by atoms with E-state index < -0.39 is 0 Å². The maximum Gasteiger partial charge on any atom is 0.116 e. The fraction of sp³-hybridized carbons (Fsp3) is 0.462. The van der Waals surface area contributed by atoms with Crippen molar-refractivity contribution >= 4 is 10.9 Å². The first kappa shape index (κ1) is 20.5. The highest BCUT2D eigenvalue weighted by Gasteiger charge is 2.33. The summed E-state index contributed by atoms with van der Waals surface area (Å²) >= 11 is 0. The molecule has 0 aliphatic heterocycles. The molecule has 0 N–H and O–H groups in total. The molecule has 0 amide bonds. The quantitative estimate of drug-likeness (QED) is 0.497. The van der Waals surface area contributed by atoms with Crippen molar-refractivity contribution in [1.82, 2.24) is 9.97 Å². The minimum atomic E-state index is -0.211. The van der Waals surface area contributed by atoms with Crippen molar-refractivity contribution in [2.24, 2.45) is 0 Å². The Kier molecular flexibility index (Phi) is 4.90. The van der Waals surface area contributed by atoms with E-state index >= 15 is 0 Å². The van der Waals surface area contributed by atoms with Crippen LogP contribution in [-0.2, 0) is 5.41 Å². The van der Waals surface area contributed by atoms with Crippen molar-refractivity contribution < 1.29 is 0 Å². The van der Waals surface area contributed by atoms with Crippen LogP contribution in [0.15, 0.2) is 6.33 Å². The molecular formula is C26H34N2. The Balaban J connectivity index is 2.48. The van der Waals surface area contributed by atoms with E-state index in [1.807, 2.05) is 0 Å². The van der Waals surface area contributed by atoms with Crippen molar-refractivity contribution in [2.75, 3.05) is 0 Å². The van der Waals surface area contributed by atoms with Crippen molar-refractivity contribution in [3.8, 4) is 0 Å². The lowest BCUT2D eigenvalue weighted by molar-refractivity contribution is 0.610. The summed E-state index contributed by atoms with van der Waals surface area (Å²) in [5.41, 5.74) is 15.6. The number of rotatable bonds is 2. The van der Waals surface area contributed by atoms with E-state index in [1.165, 1.54) is 61.0 Å². The van der Waals surface area contributed by atoms with Crippen molar-refractivity contribution in [3.05, 3.63) is 67.7 Å². The zero-order valence-corrected chi connectivity index (χ0v) is 19.5. The van der Waals surface area contributed by atoms with Gasteiger partial charge >= 0.3 is 0 Å². The standard InChI is InChI=1S/C26H34N2/c1-13-15(3)19(7)23(20(8)16(13)4)26(10,11)25-22-18(6)14(2)17(5)21(9)24(22)27-12-28-25/h12H,1-11H3. The molecule has 0 radical (unpaired) electrons. The normalized spacial score (nSPS) is 12.1. The summed E-state index contributed by atoms with van der Waals surface area (Å²) in [7, 11) is 0. The highest BCUT2D eigenvalue weighted by atomic mass is 14.8. The molecule has 148 valence electrons. The molecule has 1 aromatic heterocycles. The summed E-state index contributed by atoms with van der Waals surface area (Å²) in [4.78, 5) is 9.57. The number of aryl methyl sites for hydroxylation is 2. The van der Waals surface area contributed by atoms with Crippen molar-refractivity contribution in [3.63, 3.8) is 0 Å². The maximum absolute atomic E-state index is 4.88. The smallest absolute Gasteiger partial charge is 0.116 e. The lowest BCUT2D eigenvalue weighted by Crippen LogP contribution is -2.26. The van der Waals surface area contributed by atoms with Crippen LogP contribution in [0.5, 0.6) is 0 Å². The third kappa shape index (κ3) is 2.69. The average Bonchev–Trinajstić information content (AvgIpc) is 2.66. The van der Waals surface area contributed by atoms with Crippen LogP contribution in [-0.4, -0.2) is 9.97 Å². The van der Waals surface area contributed by atoms with Crippen molar-refractivity contribution in [2.45, 2.75) is 81.6 Å². The van der Waals surface area contributed by atoms with Gasteiger partial charge in [0.2, 0.25) is 0 Å². The first-order chi connectivity index (χ1) is 12.9. The van der Waals surface area contributed by atoms with Gasteiger partial charge in [-0.15, -0.1) is 0 Å². The molecule has 3 aromatic rings. The Hall–Kier alpha value is -2.22. The molecule has 1 heterocycles. The van der Waals surface area contributed by atoms with E-state index in [4.69, 9.17) is 9.97 Å². The number of fused-ring (bicyclic) bond motifs is 1. The number of nitrogens with zero attached hydrogens (tertiary/aromatic N) is 2. The lowest BCUT2D eigenvalue weighted by atomic mass is 9.72. The largest absolute Gasteiger partial charge is 0.240 e. The molecule has 0 aliphatic rings. The molecule has 0 unspecified atom stereocenters. The summed E-state index contributed by atoms with van der Waals surface area (Å²) < 4.78 is 0. The lowest BCUT2D eigenvalue weighted by Gasteiger charge is -2.33. The van der Waals surface area contributed by atoms with Crippen LogP contribution in [0.1, 0.15) is 75.2 Å². The first-order valence-electron chi connectivity index (χ1n) is 10.2. The number of hydrogen-bond donors (Lipinski definition) is 0. The van der Waals surface area contributed by atoms with E-state index in [9.17, 15) is 0 Å². The van der Waals surface area contributed by atoms with Gasteiger partial charge in [0.05, 0.1) is 11.2 Å². The number of benzene rings is 2. The Bertz CT molecular complexity index is 1090. The topological polar surface area (TPSA) is 25.8 Å². The van der Waals surface area contributed by atoms with Crippen LogP contribution in [0.4, 0.5) is 0 Å². The third-order valence-corrected chi connectivity index (χ3v) is 7.48. The minimum absolute atomic E-state index is 0.211. The molecular weight excluding hydrogens is 340 g/mol. The second-order valence-electron chi connectivity index (χ2n) is 9.07. The minimum Gasteiger partial charge on any atom is -0.240 e. The summed E-state index contributed by atoms with van der Waals surface area (Å²) in [6.07, 6.45) is 1.75. The van der Waals surface area contributed by atoms with Crippen LogP contribution in [0.2, 0.25) is 0 Å². The molecule has 0 spiro atoms. The van der Waals surface area contributed by atoms with Crippen LogP contribution >= 0.6 is 0 Å². The van der Waals surface area contributed by atoms with Gasteiger partial charge in [0.25, 0.3) is 0 Å². The SMILES string of the molecule is Cc1c(C)c(C)c(C(C)(C)c2ncnc3c(C)c(C)c(C)c(C)c23)c(C)c1C. The molecule has 0 saturated carbocycles. The van der Waals surface area contributed by atoms with Gasteiger partial charge < -0.3 is 0 Å². The summed E-state index contributed by atoms with van der Waals surface area (Å²) in [5, 5.41) is 1.22. The second kappa shape index (κ2) is 6.69. The molecule has 2 aromatic carbocycles. The molecule has 28 heavy (non-hydrogen) atoms. The molecule has 0 saturated heterocycles. The number of hydrogen-bond acceptors (Lipinski definition) is 2. The molecule has 3 rings (SSSR count). The predicted molar refractivity (Wildman–Crippen MR) is 121 cm³/mol. The molecule has 2 heteroatoms. The van der Waals surface area contributed by atoms with E-state index in [-0.39, 0.29) is 5.41 Å². The van der Waals surface area contributed by atoms with Gasteiger partial charge in [0.1, 0.15) is 6.33 Å². The van der Waals surface area contributed by atoms with Crippen molar-refractivity contribution in [1.29, 1.82) is 0 Å². The third-order valence-electron chi connectivity index (χ3n) is 7.48. The van der Waals surface area contributed by atoms with Crippen LogP contribution in [0.25, 0.3) is 10.9 Å². The average molecular weight is 375 g/mol. The monoisotopic (exact) mass is 374 g/mol. The van der Waals surface area contributed by atoms with Crippen LogP contribution < -0.4 is 0 Å². The van der Waals surface area contributed by atoms with Crippen LogP contribution in [0.3, 0.4) is 0 Å². The molecule has 0 fully saturated rings. The molecule has 0 bridgehead atoms. The first-order valence-corrected chi connectivity index (χ1v) is 10.2. The predicted octanol–water partition coefficient (Wildman–Crippen LogP) is 6.73. The molecule has 2 nitrogen and oxygen atoms in total. The summed E-state index contributed by atoms with van der Waals surface area (Å²) in [5.74, 6) is 0. The Morgan fingerprint density at radius 2 is 0.964 bits per heavy atom. The highest BCUT2D eigenvalue weighted by Crippen LogP contribution is 2.42. The van der Waals surface area contributed by atoms with Gasteiger partial charge in [-0.05, 0) is 118 Å². The van der Waals surface area contributed by atoms with E-state index in [1.54, 1.807) is 6.33 Å². The Morgan fingerprint density at radius 1 is 0.536 bits per heavy atom. The zero-order valence-electron chi connectivity index (χ0n) is 19.5. The van der Waals surface area contributed by atoms with Gasteiger partial charge in [-0.25, -0.2) is 9.97 Å². The van der Waals surface area contributed by atoms with Crippen LogP contribution in [0, 0.1) is 62.3 Å². The van der Waals surface area contributed by atoms with E-state index in [0.717, 1.165) is 11.2 Å². The fourth-order valence-corrected chi connectivity index (χ4v) is 4.98. The van der Waals surface area contributed by atoms with Gasteiger partial charge in [-0.2, -0.15) is 0 Å². The second-order valence-corrected chi connectivity index (χ2v) is 9.07. The summed E-state index contributed by atoms with van der Waals surface area (Å²) in [6, 6.07) is 0. The van der Waals surface area contributed by atoms with E-state index in [0.29, 0.717) is 0 Å². The molecule has 0 aliphatic carbocycles. The van der Waals surface area contributed by atoms with Gasteiger partial charge in [-0.1, -0.05) is 13.8 Å². The Morgan fingerprint density at radius 3 is 1.50 bits per heavy atom. The fourth-order valence-electron chi connectivity index (χ4n) is 4.98. The Labute approximate surface area is 170 Å². The maximum atomic E-state index is 4.88. The number of aromatic nitrogens is 2. The molecule has 0 atom stereocenters.